The second kappa shape index (κ2) is 16.3. The van der Waals surface area contributed by atoms with Crippen molar-refractivity contribution in [1.29, 1.82) is 0 Å². The summed E-state index contributed by atoms with van der Waals surface area (Å²) in [5, 5.41) is 2.33. The number of anilines is 4. The summed E-state index contributed by atoms with van der Waals surface area (Å²) in [7, 11) is 0. The van der Waals surface area contributed by atoms with Gasteiger partial charge in [-0.15, -0.1) is 0 Å². The molecule has 9 aromatic rings. The molecule has 5 heteroatoms. The summed E-state index contributed by atoms with van der Waals surface area (Å²) in [6.07, 6.45) is 2.04. The van der Waals surface area contributed by atoms with Crippen molar-refractivity contribution in [2.75, 3.05) is 16.5 Å². The van der Waals surface area contributed by atoms with Gasteiger partial charge >= 0.3 is 0 Å². The summed E-state index contributed by atoms with van der Waals surface area (Å²) in [6.45, 7) is 25.8. The Kier molecular flexibility index (Phi) is 10.7. The Bertz CT molecular complexity index is 3310. The molecule has 5 nitrogen and oxygen atoms in total. The number of hydrogen-bond acceptors (Lipinski definition) is 4. The second-order valence-electron chi connectivity index (χ2n) is 21.6. The zero-order chi connectivity index (χ0) is 47.0. The Labute approximate surface area is 397 Å². The van der Waals surface area contributed by atoms with Crippen molar-refractivity contribution in [2.24, 2.45) is 0 Å². The van der Waals surface area contributed by atoms with E-state index in [1.165, 1.54) is 67.0 Å². The van der Waals surface area contributed by atoms with E-state index in [9.17, 15) is 0 Å². The Balaban J connectivity index is 1.00. The Morgan fingerprint density at radius 2 is 1.10 bits per heavy atom. The third-order valence-corrected chi connectivity index (χ3v) is 13.6. The van der Waals surface area contributed by atoms with Gasteiger partial charge in [0, 0.05) is 46.0 Å². The van der Waals surface area contributed by atoms with Crippen molar-refractivity contribution in [3.63, 3.8) is 0 Å². The number of ether oxygens (including phenoxy) is 1. The number of nitrogens with zero attached hydrogens (tertiary/aromatic N) is 4. The van der Waals surface area contributed by atoms with Crippen LogP contribution in [0.15, 0.2) is 164 Å². The number of aromatic nitrogens is 2. The first kappa shape index (κ1) is 43.8. The molecular formula is C62H62N4O. The lowest BCUT2D eigenvalue weighted by Crippen LogP contribution is -2.25. The van der Waals surface area contributed by atoms with Crippen LogP contribution in [0.1, 0.15) is 90.1 Å². The lowest BCUT2D eigenvalue weighted by atomic mass is 9.80. The predicted molar refractivity (Wildman–Crippen MR) is 284 cm³/mol. The predicted octanol–water partition coefficient (Wildman–Crippen LogP) is 17.1. The molecule has 0 atom stereocenters. The first-order chi connectivity index (χ1) is 31.9. The highest BCUT2D eigenvalue weighted by molar-refractivity contribution is 6.09. The molecule has 0 aliphatic carbocycles. The van der Waals surface area contributed by atoms with Gasteiger partial charge in [0.25, 0.3) is 0 Å². The molecule has 67 heavy (non-hydrogen) atoms. The van der Waals surface area contributed by atoms with Crippen LogP contribution in [0.5, 0.6) is 11.5 Å². The summed E-state index contributed by atoms with van der Waals surface area (Å²) in [4.78, 5) is 10.1. The van der Waals surface area contributed by atoms with Gasteiger partial charge in [-0.05, 0) is 135 Å². The Hall–Kier alpha value is -7.11. The third-order valence-electron chi connectivity index (χ3n) is 13.6. The molecule has 0 amide bonds. The fourth-order valence-corrected chi connectivity index (χ4v) is 9.64. The molecule has 0 fully saturated rings. The molecule has 0 spiro atoms. The quantitative estimate of drug-likeness (QED) is 0.160. The smallest absolute Gasteiger partial charge is 0.137 e. The van der Waals surface area contributed by atoms with Crippen LogP contribution in [-0.2, 0) is 16.2 Å². The lowest BCUT2D eigenvalue weighted by molar-refractivity contribution is 0.483. The van der Waals surface area contributed by atoms with Gasteiger partial charge in [0.05, 0.1) is 22.4 Å². The topological polar surface area (TPSA) is 33.5 Å². The zero-order valence-electron chi connectivity index (χ0n) is 41.0. The summed E-state index contributed by atoms with van der Waals surface area (Å²) >= 11 is 0. The summed E-state index contributed by atoms with van der Waals surface area (Å²) in [6, 6.07) is 57.3. The normalized spacial score (nSPS) is 13.2. The van der Waals surface area contributed by atoms with E-state index in [-0.39, 0.29) is 16.2 Å². The molecule has 0 bridgehead atoms. The van der Waals surface area contributed by atoms with Crippen molar-refractivity contribution in [2.45, 2.75) is 92.4 Å². The molecule has 0 saturated carbocycles. The molecular weight excluding hydrogens is 817 g/mol. The summed E-state index contributed by atoms with van der Waals surface area (Å²) < 4.78 is 9.11. The van der Waals surface area contributed by atoms with Crippen LogP contribution in [0.2, 0.25) is 0 Å². The van der Waals surface area contributed by atoms with Crippen LogP contribution in [0.3, 0.4) is 0 Å². The number of fused-ring (bicyclic) bond motifs is 4. The molecule has 336 valence electrons. The highest BCUT2D eigenvalue weighted by Gasteiger charge is 2.32. The maximum atomic E-state index is 6.84. The van der Waals surface area contributed by atoms with Gasteiger partial charge in [-0.3, -0.25) is 4.57 Å². The van der Waals surface area contributed by atoms with E-state index >= 15 is 0 Å². The van der Waals surface area contributed by atoms with Crippen LogP contribution < -0.4 is 14.5 Å². The van der Waals surface area contributed by atoms with Crippen molar-refractivity contribution in [3.05, 3.63) is 192 Å². The molecule has 0 radical (unpaired) electrons. The monoisotopic (exact) mass is 878 g/mol. The molecule has 0 unspecified atom stereocenters. The van der Waals surface area contributed by atoms with Gasteiger partial charge < -0.3 is 14.5 Å². The highest BCUT2D eigenvalue weighted by atomic mass is 16.5. The largest absolute Gasteiger partial charge is 0.457 e. The molecule has 0 N–H and O–H groups in total. The molecule has 10 rings (SSSR count). The lowest BCUT2D eigenvalue weighted by Gasteiger charge is -2.29. The van der Waals surface area contributed by atoms with E-state index in [0.717, 1.165) is 45.0 Å². The van der Waals surface area contributed by atoms with Gasteiger partial charge in [-0.25, -0.2) is 4.98 Å². The van der Waals surface area contributed by atoms with Crippen LogP contribution in [0, 0.1) is 13.8 Å². The maximum Gasteiger partial charge on any atom is 0.137 e. The minimum atomic E-state index is -0.00383. The SMILES string of the molecule is Cc1cc(-c2ccccc2)ccc1-c1cnc(-n2c3ccccc3c3ccc(Oc4cccc(N5CN(c6cc(C(C)(C)C)cc(C(C)(C)C)c6)c6ccc(C(C)(C)C)cc65)c4)cc32)cc1C. The summed E-state index contributed by atoms with van der Waals surface area (Å²) in [5.41, 5.74) is 18.0. The van der Waals surface area contributed by atoms with E-state index in [1.54, 1.807) is 0 Å². The van der Waals surface area contributed by atoms with Crippen molar-refractivity contribution in [1.82, 2.24) is 9.55 Å². The molecule has 2 aromatic heterocycles. The molecule has 7 aromatic carbocycles. The first-order valence-corrected chi connectivity index (χ1v) is 23.7. The van der Waals surface area contributed by atoms with Gasteiger partial charge in [-0.2, -0.15) is 0 Å². The fourth-order valence-electron chi connectivity index (χ4n) is 9.64. The first-order valence-electron chi connectivity index (χ1n) is 23.7. The molecule has 0 saturated heterocycles. The van der Waals surface area contributed by atoms with Crippen molar-refractivity contribution >= 4 is 44.6 Å². The Morgan fingerprint density at radius 3 is 1.81 bits per heavy atom. The Morgan fingerprint density at radius 1 is 0.448 bits per heavy atom. The zero-order valence-corrected chi connectivity index (χ0v) is 41.0. The van der Waals surface area contributed by atoms with Crippen molar-refractivity contribution < 1.29 is 4.74 Å². The highest BCUT2D eigenvalue weighted by Crippen LogP contribution is 2.48. The number of para-hydroxylation sites is 1. The van der Waals surface area contributed by atoms with E-state index in [0.29, 0.717) is 6.67 Å². The van der Waals surface area contributed by atoms with Gasteiger partial charge in [0.15, 0.2) is 0 Å². The van der Waals surface area contributed by atoms with Crippen molar-refractivity contribution in [3.8, 4) is 39.6 Å². The van der Waals surface area contributed by atoms with E-state index in [4.69, 9.17) is 9.72 Å². The maximum absolute atomic E-state index is 6.84. The van der Waals surface area contributed by atoms with Crippen LogP contribution >= 0.6 is 0 Å². The summed E-state index contributed by atoms with van der Waals surface area (Å²) in [5.74, 6) is 2.42. The minimum absolute atomic E-state index is 0.00383. The number of rotatable bonds is 7. The van der Waals surface area contributed by atoms with Crippen LogP contribution in [0.25, 0.3) is 49.9 Å². The standard InChI is InChI=1S/C62H62N4O/c1-40-30-43(42-18-13-12-14-19-42)24-27-51(40)54-38-63-59(31-41(54)2)66-55-23-16-15-22-52(55)53-28-26-50(37-57(53)66)67-49-21-17-20-47(36-49)64-39-65(56-29-25-44(35-58(56)64)60(3,4)5)48-33-45(61(6,7)8)32-46(34-48)62(9,10)11/h12-38H,39H2,1-11H3. The van der Waals surface area contributed by atoms with E-state index < -0.39 is 0 Å². The average Bonchev–Trinajstić information content (AvgIpc) is 3.84. The van der Waals surface area contributed by atoms with Crippen LogP contribution in [0.4, 0.5) is 22.7 Å². The number of hydrogen-bond donors (Lipinski definition) is 0. The van der Waals surface area contributed by atoms with E-state index in [1.807, 2.05) is 6.20 Å². The minimum Gasteiger partial charge on any atom is -0.457 e. The average molecular weight is 879 g/mol. The molecule has 1 aliphatic heterocycles. The number of pyridine rings is 1. The van der Waals surface area contributed by atoms with Gasteiger partial charge in [0.1, 0.15) is 24.0 Å². The van der Waals surface area contributed by atoms with E-state index in [2.05, 4.69) is 248 Å². The second-order valence-corrected chi connectivity index (χ2v) is 21.6. The molecule has 1 aliphatic rings. The van der Waals surface area contributed by atoms with Gasteiger partial charge in [0.2, 0.25) is 0 Å². The van der Waals surface area contributed by atoms with Crippen LogP contribution in [-0.4, -0.2) is 16.2 Å². The van der Waals surface area contributed by atoms with Gasteiger partial charge in [-0.1, -0.05) is 147 Å². The molecule has 3 heterocycles. The fraction of sp³-hybridized carbons (Fsp3) is 0.242. The number of aryl methyl sites for hydroxylation is 2. The third kappa shape index (κ3) is 8.26. The number of benzene rings is 7.